The Labute approximate surface area is 140 Å². The predicted octanol–water partition coefficient (Wildman–Crippen LogP) is 4.12. The Morgan fingerprint density at radius 1 is 0.958 bits per heavy atom. The van der Waals surface area contributed by atoms with E-state index in [4.69, 9.17) is 21.7 Å². The third kappa shape index (κ3) is 4.19. The molecule has 1 aliphatic heterocycles. The van der Waals surface area contributed by atoms with Crippen LogP contribution in [0.4, 0.5) is 24.5 Å². The van der Waals surface area contributed by atoms with Gasteiger partial charge in [0.25, 0.3) is 0 Å². The van der Waals surface area contributed by atoms with Gasteiger partial charge in [0.2, 0.25) is 6.79 Å². The summed E-state index contributed by atoms with van der Waals surface area (Å²) >= 11 is 5.16. The number of alkyl halides is 3. The maximum Gasteiger partial charge on any atom is 0.573 e. The second-order valence-electron chi connectivity index (χ2n) is 4.72. The molecule has 126 valence electrons. The molecule has 0 spiro atoms. The number of thiocarbonyl (C=S) groups is 1. The third-order valence-corrected chi connectivity index (χ3v) is 3.18. The zero-order valence-electron chi connectivity index (χ0n) is 12.0. The van der Waals surface area contributed by atoms with Crippen molar-refractivity contribution in [1.29, 1.82) is 0 Å². The number of halogens is 3. The molecule has 5 nitrogen and oxygen atoms in total. The molecule has 0 radical (unpaired) electrons. The van der Waals surface area contributed by atoms with Gasteiger partial charge in [0, 0.05) is 17.4 Å². The van der Waals surface area contributed by atoms with Crippen molar-refractivity contribution < 1.29 is 27.4 Å². The van der Waals surface area contributed by atoms with E-state index >= 15 is 0 Å². The molecule has 1 aliphatic rings. The molecule has 9 heteroatoms. The molecule has 0 fully saturated rings. The van der Waals surface area contributed by atoms with Crippen LogP contribution in [0.5, 0.6) is 17.2 Å². The average molecular weight is 356 g/mol. The Balaban J connectivity index is 1.58. The molecular weight excluding hydrogens is 345 g/mol. The van der Waals surface area contributed by atoms with Crippen LogP contribution in [0.15, 0.2) is 42.5 Å². The molecule has 0 amide bonds. The second-order valence-corrected chi connectivity index (χ2v) is 5.13. The van der Waals surface area contributed by atoms with Gasteiger partial charge < -0.3 is 24.8 Å². The van der Waals surface area contributed by atoms with E-state index in [2.05, 4.69) is 15.4 Å². The summed E-state index contributed by atoms with van der Waals surface area (Å²) in [7, 11) is 0. The number of hydrogen-bond donors (Lipinski definition) is 2. The van der Waals surface area contributed by atoms with E-state index in [1.807, 2.05) is 0 Å². The maximum atomic E-state index is 12.1. The lowest BCUT2D eigenvalue weighted by atomic mass is 10.3. The molecule has 0 saturated carbocycles. The number of anilines is 2. The number of rotatable bonds is 3. The van der Waals surface area contributed by atoms with Gasteiger partial charge in [0.15, 0.2) is 16.6 Å². The lowest BCUT2D eigenvalue weighted by Gasteiger charge is -2.12. The lowest BCUT2D eigenvalue weighted by Crippen LogP contribution is -2.19. The van der Waals surface area contributed by atoms with Gasteiger partial charge in [-0.05, 0) is 48.6 Å². The first-order valence-electron chi connectivity index (χ1n) is 6.72. The zero-order valence-corrected chi connectivity index (χ0v) is 12.8. The monoisotopic (exact) mass is 356 g/mol. The topological polar surface area (TPSA) is 51.8 Å². The largest absolute Gasteiger partial charge is 0.573 e. The van der Waals surface area contributed by atoms with Crippen LogP contribution < -0.4 is 24.8 Å². The molecule has 3 rings (SSSR count). The van der Waals surface area contributed by atoms with Crippen molar-refractivity contribution in [2.24, 2.45) is 0 Å². The number of hydrogen-bond acceptors (Lipinski definition) is 4. The van der Waals surface area contributed by atoms with Crippen LogP contribution in [0.25, 0.3) is 0 Å². The fourth-order valence-electron chi connectivity index (χ4n) is 2.01. The second kappa shape index (κ2) is 6.44. The first-order valence-corrected chi connectivity index (χ1v) is 7.13. The minimum atomic E-state index is -4.72. The van der Waals surface area contributed by atoms with Gasteiger partial charge in [-0.15, -0.1) is 13.2 Å². The molecule has 24 heavy (non-hydrogen) atoms. The molecule has 2 aromatic rings. The van der Waals surface area contributed by atoms with Crippen LogP contribution in [0.2, 0.25) is 0 Å². The van der Waals surface area contributed by atoms with Gasteiger partial charge in [0.05, 0.1) is 0 Å². The Morgan fingerprint density at radius 2 is 1.58 bits per heavy atom. The summed E-state index contributed by atoms with van der Waals surface area (Å²) in [4.78, 5) is 0. The standard InChI is InChI=1S/C15H11F3N2O3S/c16-15(17,18)23-11-4-1-9(2-5-11)19-14(24)20-10-3-6-12-13(7-10)22-8-21-12/h1-7H,8H2,(H2,19,20,24). The van der Waals surface area contributed by atoms with Crippen molar-refractivity contribution in [2.45, 2.75) is 6.36 Å². The van der Waals surface area contributed by atoms with E-state index < -0.39 is 6.36 Å². The summed E-state index contributed by atoms with van der Waals surface area (Å²) in [6, 6.07) is 10.5. The Hall–Kier alpha value is -2.68. The number of fused-ring (bicyclic) bond motifs is 1. The fraction of sp³-hybridized carbons (Fsp3) is 0.133. The highest BCUT2D eigenvalue weighted by Crippen LogP contribution is 2.34. The zero-order chi connectivity index (χ0) is 17.2. The van der Waals surface area contributed by atoms with Crippen LogP contribution in [0, 0.1) is 0 Å². The van der Waals surface area contributed by atoms with Gasteiger partial charge >= 0.3 is 6.36 Å². The van der Waals surface area contributed by atoms with Crippen LogP contribution in [-0.2, 0) is 0 Å². The molecule has 2 N–H and O–H groups in total. The molecule has 0 bridgehead atoms. The normalized spacial score (nSPS) is 12.6. The van der Waals surface area contributed by atoms with Gasteiger partial charge in [-0.1, -0.05) is 0 Å². The Kier molecular flexibility index (Phi) is 4.34. The molecule has 0 aromatic heterocycles. The summed E-state index contributed by atoms with van der Waals surface area (Å²) in [5, 5.41) is 6.08. The number of benzene rings is 2. The SMILES string of the molecule is FC(F)(F)Oc1ccc(NC(=S)Nc2ccc3c(c2)OCO3)cc1. The van der Waals surface area contributed by atoms with E-state index in [1.54, 1.807) is 18.2 Å². The number of nitrogens with one attached hydrogen (secondary N) is 2. The molecule has 2 aromatic carbocycles. The molecule has 1 heterocycles. The summed E-state index contributed by atoms with van der Waals surface area (Å²) in [5.41, 5.74) is 1.21. The van der Waals surface area contributed by atoms with Gasteiger partial charge in [-0.2, -0.15) is 0 Å². The Morgan fingerprint density at radius 3 is 2.29 bits per heavy atom. The van der Waals surface area contributed by atoms with Crippen LogP contribution in [0.3, 0.4) is 0 Å². The van der Waals surface area contributed by atoms with Gasteiger partial charge in [-0.3, -0.25) is 0 Å². The first kappa shape index (κ1) is 16.2. The van der Waals surface area contributed by atoms with Gasteiger partial charge in [-0.25, -0.2) is 0 Å². The minimum Gasteiger partial charge on any atom is -0.454 e. The van der Waals surface area contributed by atoms with E-state index in [9.17, 15) is 13.2 Å². The molecule has 0 atom stereocenters. The number of ether oxygens (including phenoxy) is 3. The summed E-state index contributed by atoms with van der Waals surface area (Å²) in [5.74, 6) is 0.957. The van der Waals surface area contributed by atoms with Gasteiger partial charge in [0.1, 0.15) is 5.75 Å². The predicted molar refractivity (Wildman–Crippen MR) is 85.5 cm³/mol. The first-order chi connectivity index (χ1) is 11.4. The smallest absolute Gasteiger partial charge is 0.454 e. The average Bonchev–Trinajstić information content (AvgIpc) is 2.95. The summed E-state index contributed by atoms with van der Waals surface area (Å²) in [6.07, 6.45) is -4.72. The van der Waals surface area contributed by atoms with Crippen LogP contribution in [-0.4, -0.2) is 18.3 Å². The van der Waals surface area contributed by atoms with Crippen molar-refractivity contribution in [3.8, 4) is 17.2 Å². The summed E-state index contributed by atoms with van der Waals surface area (Å²) in [6.45, 7) is 0.174. The van der Waals surface area contributed by atoms with Crippen molar-refractivity contribution in [1.82, 2.24) is 0 Å². The molecular formula is C15H11F3N2O3S. The van der Waals surface area contributed by atoms with Crippen LogP contribution in [0.1, 0.15) is 0 Å². The highest BCUT2D eigenvalue weighted by Gasteiger charge is 2.30. The highest BCUT2D eigenvalue weighted by atomic mass is 32.1. The molecule has 0 aliphatic carbocycles. The quantitative estimate of drug-likeness (QED) is 0.807. The third-order valence-electron chi connectivity index (χ3n) is 2.98. The van der Waals surface area contributed by atoms with Crippen molar-refractivity contribution in [3.63, 3.8) is 0 Å². The fourth-order valence-corrected chi connectivity index (χ4v) is 2.24. The lowest BCUT2D eigenvalue weighted by molar-refractivity contribution is -0.274. The molecule has 0 unspecified atom stereocenters. The van der Waals surface area contributed by atoms with Crippen molar-refractivity contribution >= 4 is 28.7 Å². The summed E-state index contributed by atoms with van der Waals surface area (Å²) < 4.78 is 50.6. The van der Waals surface area contributed by atoms with Crippen molar-refractivity contribution in [2.75, 3.05) is 17.4 Å². The van der Waals surface area contributed by atoms with Crippen molar-refractivity contribution in [3.05, 3.63) is 42.5 Å². The van der Waals surface area contributed by atoms with Crippen LogP contribution >= 0.6 is 12.2 Å². The maximum absolute atomic E-state index is 12.1. The minimum absolute atomic E-state index is 0.174. The van der Waals surface area contributed by atoms with E-state index in [0.717, 1.165) is 0 Å². The highest BCUT2D eigenvalue weighted by molar-refractivity contribution is 7.80. The molecule has 0 saturated heterocycles. The van der Waals surface area contributed by atoms with E-state index in [0.29, 0.717) is 22.9 Å². The van der Waals surface area contributed by atoms with E-state index in [1.165, 1.54) is 24.3 Å². The Bertz CT molecular complexity index is 751. The van der Waals surface area contributed by atoms with E-state index in [-0.39, 0.29) is 17.7 Å².